The van der Waals surface area contributed by atoms with Crippen LogP contribution in [0.1, 0.15) is 11.1 Å². The van der Waals surface area contributed by atoms with Crippen LogP contribution in [0.3, 0.4) is 0 Å². The predicted molar refractivity (Wildman–Crippen MR) is 80.1 cm³/mol. The third-order valence-corrected chi connectivity index (χ3v) is 4.26. The summed E-state index contributed by atoms with van der Waals surface area (Å²) in [6, 6.07) is 5.11. The molecule has 8 heteroatoms. The molecule has 22 heavy (non-hydrogen) atoms. The van der Waals surface area contributed by atoms with Crippen molar-refractivity contribution in [2.75, 3.05) is 31.1 Å². The number of halogens is 3. The number of hydrogen-bond acceptors (Lipinski definition) is 3. The molecule has 1 saturated heterocycles. The summed E-state index contributed by atoms with van der Waals surface area (Å²) in [6.45, 7) is 2.12. The topological polar surface area (TPSA) is 45.9 Å². The maximum absolute atomic E-state index is 12.8. The van der Waals surface area contributed by atoms with Gasteiger partial charge in [0, 0.05) is 17.1 Å². The van der Waals surface area contributed by atoms with Gasteiger partial charge in [-0.2, -0.15) is 30.0 Å². The summed E-state index contributed by atoms with van der Waals surface area (Å²) in [5.74, 6) is 1.75. The van der Waals surface area contributed by atoms with Crippen LogP contribution >= 0.6 is 11.8 Å². The van der Waals surface area contributed by atoms with Crippen LogP contribution in [0, 0.1) is 0 Å². The van der Waals surface area contributed by atoms with Crippen molar-refractivity contribution in [3.63, 3.8) is 0 Å². The van der Waals surface area contributed by atoms with Gasteiger partial charge in [0.1, 0.15) is 0 Å². The summed E-state index contributed by atoms with van der Waals surface area (Å²) in [5, 5.41) is 3.64. The Bertz CT molecular complexity index is 542. The van der Waals surface area contributed by atoms with Crippen molar-refractivity contribution < 1.29 is 22.9 Å². The molecule has 1 aromatic carbocycles. The van der Waals surface area contributed by atoms with Gasteiger partial charge in [-0.05, 0) is 6.07 Å². The smallest absolute Gasteiger partial charge is 0.326 e. The molecule has 1 fully saturated rings. The van der Waals surface area contributed by atoms with Crippen LogP contribution in [0.2, 0.25) is 0 Å². The number of quaternary nitrogens is 1. The number of nitrogens with zero attached hydrogens (tertiary/aromatic N) is 1. The summed E-state index contributed by atoms with van der Waals surface area (Å²) in [7, 11) is 0. The van der Waals surface area contributed by atoms with Crippen LogP contribution in [0.5, 0.6) is 0 Å². The monoisotopic (exact) mass is 332 g/mol. The van der Waals surface area contributed by atoms with Crippen LogP contribution in [0.4, 0.5) is 13.2 Å². The number of benzene rings is 1. The van der Waals surface area contributed by atoms with Gasteiger partial charge >= 0.3 is 6.18 Å². The van der Waals surface area contributed by atoms with E-state index in [9.17, 15) is 18.0 Å². The quantitative estimate of drug-likeness (QED) is 0.632. The molecule has 4 nitrogen and oxygen atoms in total. The Balaban J connectivity index is 1.91. The van der Waals surface area contributed by atoms with E-state index in [0.717, 1.165) is 36.9 Å². The molecule has 120 valence electrons. The lowest BCUT2D eigenvalue weighted by Crippen LogP contribution is -3.14. The lowest BCUT2D eigenvalue weighted by molar-refractivity contribution is -0.888. The molecule has 0 spiro atoms. The predicted octanol–water partition coefficient (Wildman–Crippen LogP) is 0.787. The molecular formula is C14H17F3N3OS+. The molecule has 2 rings (SSSR count). The number of hydrazone groups is 1. The molecular weight excluding hydrogens is 315 g/mol. The van der Waals surface area contributed by atoms with Crippen molar-refractivity contribution in [3.8, 4) is 0 Å². The Labute approximate surface area is 130 Å². The highest BCUT2D eigenvalue weighted by Gasteiger charge is 2.32. The number of carbonyl (C=O) groups is 1. The average Bonchev–Trinajstić information content (AvgIpc) is 2.48. The molecule has 0 saturated carbocycles. The third kappa shape index (κ3) is 5.03. The van der Waals surface area contributed by atoms with E-state index in [1.54, 1.807) is 0 Å². The maximum Gasteiger partial charge on any atom is 0.417 e. The molecule has 0 atom stereocenters. The minimum atomic E-state index is -4.44. The highest BCUT2D eigenvalue weighted by Crippen LogP contribution is 2.30. The molecule has 1 heterocycles. The van der Waals surface area contributed by atoms with Crippen molar-refractivity contribution >= 4 is 23.9 Å². The normalized spacial score (nSPS) is 16.9. The molecule has 0 radical (unpaired) electrons. The molecule has 2 N–H and O–H groups in total. The van der Waals surface area contributed by atoms with E-state index in [0.29, 0.717) is 6.54 Å². The molecule has 1 aliphatic rings. The van der Waals surface area contributed by atoms with E-state index in [2.05, 4.69) is 10.5 Å². The number of rotatable bonds is 4. The minimum absolute atomic E-state index is 0.0722. The molecule has 0 bridgehead atoms. The average molecular weight is 332 g/mol. The highest BCUT2D eigenvalue weighted by atomic mass is 32.2. The number of alkyl halides is 3. The van der Waals surface area contributed by atoms with Gasteiger partial charge < -0.3 is 4.90 Å². The zero-order valence-electron chi connectivity index (χ0n) is 11.8. The molecule has 0 aromatic heterocycles. The SMILES string of the molecule is O=C(C[NH+]1CCSCC1)N/N=C\c1ccccc1C(F)(F)F. The largest absolute Gasteiger partial charge is 0.417 e. The van der Waals surface area contributed by atoms with Gasteiger partial charge in [0.2, 0.25) is 0 Å². The van der Waals surface area contributed by atoms with Crippen molar-refractivity contribution in [1.29, 1.82) is 0 Å². The number of hydrogen-bond donors (Lipinski definition) is 2. The van der Waals surface area contributed by atoms with Gasteiger partial charge in [0.05, 0.1) is 24.9 Å². The number of carbonyl (C=O) groups excluding carboxylic acids is 1. The van der Waals surface area contributed by atoms with Crippen molar-refractivity contribution in [2.45, 2.75) is 6.18 Å². The Morgan fingerprint density at radius 3 is 2.68 bits per heavy atom. The first-order valence-electron chi connectivity index (χ1n) is 6.86. The highest BCUT2D eigenvalue weighted by molar-refractivity contribution is 7.99. The fourth-order valence-corrected chi connectivity index (χ4v) is 3.22. The van der Waals surface area contributed by atoms with E-state index in [-0.39, 0.29) is 11.5 Å². The molecule has 0 aliphatic carbocycles. The van der Waals surface area contributed by atoms with Gasteiger partial charge in [0.15, 0.2) is 6.54 Å². The van der Waals surface area contributed by atoms with Gasteiger partial charge in [-0.3, -0.25) is 4.79 Å². The fourth-order valence-electron chi connectivity index (χ4n) is 2.14. The lowest BCUT2D eigenvalue weighted by atomic mass is 10.1. The Morgan fingerprint density at radius 2 is 2.00 bits per heavy atom. The van der Waals surface area contributed by atoms with E-state index >= 15 is 0 Å². The van der Waals surface area contributed by atoms with Gasteiger partial charge in [-0.1, -0.05) is 18.2 Å². The van der Waals surface area contributed by atoms with E-state index < -0.39 is 11.7 Å². The van der Waals surface area contributed by atoms with Crippen LogP contribution in [0.15, 0.2) is 29.4 Å². The summed E-state index contributed by atoms with van der Waals surface area (Å²) >= 11 is 1.86. The standard InChI is InChI=1S/C14H16F3N3OS/c15-14(16,17)12-4-2-1-3-11(12)9-18-19-13(21)10-20-5-7-22-8-6-20/h1-4,9H,5-8,10H2,(H,19,21)/p+1/b18-9-. The third-order valence-electron chi connectivity index (χ3n) is 3.27. The molecule has 1 amide bonds. The molecule has 1 aromatic rings. The Kier molecular flexibility index (Phi) is 5.84. The molecule has 1 aliphatic heterocycles. The number of amides is 1. The summed E-state index contributed by atoms with van der Waals surface area (Å²) < 4.78 is 38.4. The van der Waals surface area contributed by atoms with Crippen molar-refractivity contribution in [3.05, 3.63) is 35.4 Å². The number of thioether (sulfide) groups is 1. The first kappa shape index (κ1) is 16.8. The lowest BCUT2D eigenvalue weighted by Gasteiger charge is -2.21. The maximum atomic E-state index is 12.8. The Morgan fingerprint density at radius 1 is 1.32 bits per heavy atom. The van der Waals surface area contributed by atoms with Crippen LogP contribution < -0.4 is 10.3 Å². The van der Waals surface area contributed by atoms with Gasteiger partial charge in [0.25, 0.3) is 5.91 Å². The zero-order valence-corrected chi connectivity index (χ0v) is 12.6. The summed E-state index contributed by atoms with van der Waals surface area (Å²) in [4.78, 5) is 12.9. The second-order valence-electron chi connectivity index (χ2n) is 4.92. The summed E-state index contributed by atoms with van der Waals surface area (Å²) in [6.07, 6.45) is -3.41. The van der Waals surface area contributed by atoms with Gasteiger partial charge in [-0.25, -0.2) is 5.43 Å². The Hall–Kier alpha value is -1.54. The fraction of sp³-hybridized carbons (Fsp3) is 0.429. The van der Waals surface area contributed by atoms with Crippen LogP contribution in [-0.2, 0) is 11.0 Å². The van der Waals surface area contributed by atoms with Crippen LogP contribution in [0.25, 0.3) is 0 Å². The second kappa shape index (κ2) is 7.64. The number of nitrogens with one attached hydrogen (secondary N) is 2. The van der Waals surface area contributed by atoms with E-state index in [4.69, 9.17) is 0 Å². The van der Waals surface area contributed by atoms with Crippen LogP contribution in [-0.4, -0.2) is 43.3 Å². The van der Waals surface area contributed by atoms with Gasteiger partial charge in [-0.15, -0.1) is 0 Å². The first-order chi connectivity index (χ1) is 10.5. The first-order valence-corrected chi connectivity index (χ1v) is 8.02. The van der Waals surface area contributed by atoms with E-state index in [1.165, 1.54) is 23.1 Å². The molecule has 0 unspecified atom stereocenters. The zero-order chi connectivity index (χ0) is 16.0. The summed E-state index contributed by atoms with van der Waals surface area (Å²) in [5.41, 5.74) is 1.45. The minimum Gasteiger partial charge on any atom is -0.326 e. The van der Waals surface area contributed by atoms with E-state index in [1.807, 2.05) is 11.8 Å². The van der Waals surface area contributed by atoms with Crippen molar-refractivity contribution in [2.24, 2.45) is 5.10 Å². The van der Waals surface area contributed by atoms with Crippen molar-refractivity contribution in [1.82, 2.24) is 5.43 Å². The second-order valence-corrected chi connectivity index (χ2v) is 6.14.